The van der Waals surface area contributed by atoms with Gasteiger partial charge < -0.3 is 9.66 Å². The van der Waals surface area contributed by atoms with Gasteiger partial charge in [0.15, 0.2) is 0 Å². The molecule has 0 amide bonds. The summed E-state index contributed by atoms with van der Waals surface area (Å²) in [6.45, 7) is 1.37. The molecule has 2 atom stereocenters. The van der Waals surface area contributed by atoms with Crippen LogP contribution in [-0.2, 0) is 16.0 Å². The highest BCUT2D eigenvalue weighted by molar-refractivity contribution is 7.94. The molecule has 66 valence electrons. The van der Waals surface area contributed by atoms with Crippen molar-refractivity contribution >= 4 is 28.5 Å². The molecule has 2 unspecified atom stereocenters. The fourth-order valence-electron chi connectivity index (χ4n) is 0.493. The van der Waals surface area contributed by atoms with Crippen molar-refractivity contribution in [3.05, 3.63) is 5.51 Å². The Morgan fingerprint density at radius 2 is 2.58 bits per heavy atom. The molecule has 1 aromatic rings. The minimum Gasteiger partial charge on any atom is -0.609 e. The maximum Gasteiger partial charge on any atom is 0.357 e. The van der Waals surface area contributed by atoms with E-state index in [1.54, 1.807) is 0 Å². The largest absolute Gasteiger partial charge is 0.609 e. The van der Waals surface area contributed by atoms with E-state index >= 15 is 0 Å². The number of aliphatic carboxylic acids is 1. The highest BCUT2D eigenvalue weighted by Gasteiger charge is 2.29. The Morgan fingerprint density at radius 3 is 3.00 bits per heavy atom. The first-order chi connectivity index (χ1) is 5.63. The van der Waals surface area contributed by atoms with Gasteiger partial charge in [-0.25, -0.2) is 4.79 Å². The van der Waals surface area contributed by atoms with Crippen LogP contribution in [0.1, 0.15) is 6.92 Å². The van der Waals surface area contributed by atoms with Crippen LogP contribution in [-0.4, -0.2) is 31.1 Å². The molecule has 12 heavy (non-hydrogen) atoms. The second kappa shape index (κ2) is 3.83. The van der Waals surface area contributed by atoms with Crippen LogP contribution in [0.2, 0.25) is 0 Å². The van der Waals surface area contributed by atoms with Crippen LogP contribution in [0.5, 0.6) is 0 Å². The van der Waals surface area contributed by atoms with Gasteiger partial charge in [0.25, 0.3) is 0 Å². The number of carbonyl (C=O) groups is 1. The number of carboxylic acids is 1. The lowest BCUT2D eigenvalue weighted by Gasteiger charge is -2.09. The van der Waals surface area contributed by atoms with E-state index in [1.165, 1.54) is 12.4 Å². The summed E-state index contributed by atoms with van der Waals surface area (Å²) in [7, 11) is 0. The maximum atomic E-state index is 11.3. The van der Waals surface area contributed by atoms with Crippen molar-refractivity contribution in [3.8, 4) is 0 Å². The van der Waals surface area contributed by atoms with Gasteiger partial charge in [0, 0.05) is 11.2 Å². The lowest BCUT2D eigenvalue weighted by molar-refractivity contribution is -0.136. The van der Waals surface area contributed by atoms with E-state index in [0.29, 0.717) is 0 Å². The monoisotopic (exact) mass is 206 g/mol. The minimum atomic E-state index is -1.58. The van der Waals surface area contributed by atoms with Crippen LogP contribution >= 0.6 is 11.3 Å². The van der Waals surface area contributed by atoms with E-state index in [1.807, 2.05) is 0 Å². The number of carboxylic acid groups (broad SMARTS) is 1. The third kappa shape index (κ3) is 1.93. The first kappa shape index (κ1) is 9.43. The van der Waals surface area contributed by atoms with E-state index in [-0.39, 0.29) is 4.34 Å². The van der Waals surface area contributed by atoms with Gasteiger partial charge in [-0.3, -0.25) is 0 Å². The van der Waals surface area contributed by atoms with Crippen molar-refractivity contribution in [2.24, 2.45) is 0 Å². The molecule has 7 heteroatoms. The highest BCUT2D eigenvalue weighted by atomic mass is 32.2. The molecule has 1 aromatic heterocycles. The predicted octanol–water partition coefficient (Wildman–Crippen LogP) is 0.119. The van der Waals surface area contributed by atoms with Gasteiger partial charge in [-0.1, -0.05) is 5.10 Å². The lowest BCUT2D eigenvalue weighted by Crippen LogP contribution is -2.26. The summed E-state index contributed by atoms with van der Waals surface area (Å²) in [6.07, 6.45) is 0. The van der Waals surface area contributed by atoms with Crippen LogP contribution in [0.4, 0.5) is 0 Å². The van der Waals surface area contributed by atoms with Crippen molar-refractivity contribution in [2.45, 2.75) is 16.5 Å². The van der Waals surface area contributed by atoms with Gasteiger partial charge in [-0.15, -0.1) is 5.10 Å². The predicted molar refractivity (Wildman–Crippen MR) is 43.4 cm³/mol. The van der Waals surface area contributed by atoms with Crippen molar-refractivity contribution in [2.75, 3.05) is 0 Å². The molecular weight excluding hydrogens is 200 g/mol. The van der Waals surface area contributed by atoms with E-state index in [4.69, 9.17) is 5.11 Å². The van der Waals surface area contributed by atoms with Gasteiger partial charge in [0.05, 0.1) is 0 Å². The van der Waals surface area contributed by atoms with Crippen molar-refractivity contribution in [1.82, 2.24) is 10.2 Å². The molecule has 5 nitrogen and oxygen atoms in total. The third-order valence-electron chi connectivity index (χ3n) is 1.18. The summed E-state index contributed by atoms with van der Waals surface area (Å²) in [5.74, 6) is -1.09. The molecule has 0 fully saturated rings. The second-order valence-electron chi connectivity index (χ2n) is 1.98. The van der Waals surface area contributed by atoms with Crippen molar-refractivity contribution in [3.63, 3.8) is 0 Å². The fraction of sp³-hybridized carbons (Fsp3) is 0.400. The zero-order chi connectivity index (χ0) is 9.14. The molecule has 0 aliphatic heterocycles. The first-order valence-corrected chi connectivity index (χ1v) is 5.11. The molecule has 0 aliphatic rings. The topological polar surface area (TPSA) is 86.1 Å². The molecular formula is C5H6N2O3S2. The SMILES string of the molecule is CC(C(=O)O)[S+]([O-])c1nncs1. The van der Waals surface area contributed by atoms with E-state index in [0.717, 1.165) is 11.3 Å². The Balaban J connectivity index is 2.71. The van der Waals surface area contributed by atoms with Gasteiger partial charge >= 0.3 is 10.3 Å². The molecule has 1 N–H and O–H groups in total. The Hall–Kier alpha value is -0.660. The van der Waals surface area contributed by atoms with Gasteiger partial charge in [-0.05, 0) is 18.3 Å². The summed E-state index contributed by atoms with van der Waals surface area (Å²) in [5.41, 5.74) is 1.42. The molecule has 0 aromatic carbocycles. The Kier molecular flexibility index (Phi) is 3.01. The minimum absolute atomic E-state index is 0.255. The molecule has 1 heterocycles. The standard InChI is InChI=1S/C5H6N2O3S2/c1-3(4(8)9)12(10)5-7-6-2-11-5/h2-3H,1H3,(H,8,9). The molecule has 0 spiro atoms. The zero-order valence-corrected chi connectivity index (χ0v) is 7.76. The molecule has 0 aliphatic carbocycles. The van der Waals surface area contributed by atoms with Crippen molar-refractivity contribution in [1.29, 1.82) is 0 Å². The highest BCUT2D eigenvalue weighted by Crippen LogP contribution is 2.16. The Morgan fingerprint density at radius 1 is 1.92 bits per heavy atom. The smallest absolute Gasteiger partial charge is 0.357 e. The summed E-state index contributed by atoms with van der Waals surface area (Å²) in [5, 5.41) is 14.6. The summed E-state index contributed by atoms with van der Waals surface area (Å²) < 4.78 is 11.5. The molecule has 1 rings (SSSR count). The quantitative estimate of drug-likeness (QED) is 0.710. The van der Waals surface area contributed by atoms with Crippen LogP contribution in [0.3, 0.4) is 0 Å². The van der Waals surface area contributed by atoms with Crippen LogP contribution < -0.4 is 0 Å². The summed E-state index contributed by atoms with van der Waals surface area (Å²) in [4.78, 5) is 10.4. The van der Waals surface area contributed by atoms with Crippen LogP contribution in [0.25, 0.3) is 0 Å². The number of aromatic nitrogens is 2. The molecule has 0 saturated heterocycles. The summed E-state index contributed by atoms with van der Waals surface area (Å²) >= 11 is -0.491. The number of hydrogen-bond donors (Lipinski definition) is 1. The number of rotatable bonds is 3. The van der Waals surface area contributed by atoms with Crippen LogP contribution in [0.15, 0.2) is 9.85 Å². The van der Waals surface area contributed by atoms with E-state index < -0.39 is 22.4 Å². The maximum absolute atomic E-state index is 11.3. The fourth-order valence-corrected chi connectivity index (χ4v) is 2.33. The van der Waals surface area contributed by atoms with Crippen LogP contribution in [0, 0.1) is 0 Å². The number of nitrogens with zero attached hydrogens (tertiary/aromatic N) is 2. The van der Waals surface area contributed by atoms with E-state index in [2.05, 4.69) is 10.2 Å². The summed E-state index contributed by atoms with van der Waals surface area (Å²) in [6, 6.07) is 0. The number of hydrogen-bond acceptors (Lipinski definition) is 5. The third-order valence-corrected chi connectivity index (χ3v) is 3.72. The normalized spacial score (nSPS) is 15.5. The average Bonchev–Trinajstić information content (AvgIpc) is 2.53. The zero-order valence-electron chi connectivity index (χ0n) is 6.13. The first-order valence-electron chi connectivity index (χ1n) is 3.02. The molecule has 0 bridgehead atoms. The van der Waals surface area contributed by atoms with E-state index in [9.17, 15) is 9.35 Å². The lowest BCUT2D eigenvalue weighted by atomic mass is 10.5. The Bertz CT molecular complexity index is 264. The molecule has 0 saturated carbocycles. The second-order valence-corrected chi connectivity index (χ2v) is 4.76. The van der Waals surface area contributed by atoms with Gasteiger partial charge in [-0.2, -0.15) is 0 Å². The van der Waals surface area contributed by atoms with Gasteiger partial charge in [0.1, 0.15) is 5.51 Å². The molecule has 0 radical (unpaired) electrons. The average molecular weight is 206 g/mol. The van der Waals surface area contributed by atoms with Gasteiger partial charge in [0.2, 0.25) is 5.25 Å². The Labute approximate surface area is 75.6 Å². The van der Waals surface area contributed by atoms with Crippen molar-refractivity contribution < 1.29 is 14.5 Å².